The second-order valence-electron chi connectivity index (χ2n) is 4.61. The number of nitrogen functional groups attached to an aromatic ring is 1. The topological polar surface area (TPSA) is 92.5 Å². The zero-order valence-electron chi connectivity index (χ0n) is 12.1. The molecule has 2 aromatic heterocycles. The Morgan fingerprint density at radius 2 is 2.05 bits per heavy atom. The highest BCUT2D eigenvalue weighted by Crippen LogP contribution is 2.33. The third-order valence-electron chi connectivity index (χ3n) is 3.32. The Labute approximate surface area is 123 Å². The maximum atomic E-state index is 5.53. The molecule has 2 heterocycles. The van der Waals surface area contributed by atoms with Gasteiger partial charge < -0.3 is 11.1 Å². The van der Waals surface area contributed by atoms with E-state index in [-0.39, 0.29) is 10.2 Å². The van der Waals surface area contributed by atoms with E-state index in [2.05, 4.69) is 25.5 Å². The molecule has 1 saturated carbocycles. The van der Waals surface area contributed by atoms with Gasteiger partial charge in [0.2, 0.25) is 5.95 Å². The molecule has 20 heavy (non-hydrogen) atoms. The number of nitrogens with one attached hydrogen (secondary N) is 2. The number of aromatic nitrogens is 4. The van der Waals surface area contributed by atoms with Gasteiger partial charge >= 0.3 is 0 Å². The SMILES string of the molecule is CC.Nc1nccc(Nc2cc(C3CCCC3)[nH]n2)n1.[HH].[HH].[HH]. The Hall–Kier alpha value is -2.11. The molecule has 2 aromatic rings. The molecule has 4 N–H and O–H groups in total. The Morgan fingerprint density at radius 3 is 2.75 bits per heavy atom. The fraction of sp³-hybridized carbons (Fsp3) is 0.500. The van der Waals surface area contributed by atoms with Crippen molar-refractivity contribution >= 4 is 17.6 Å². The molecule has 1 aliphatic rings. The minimum atomic E-state index is 0. The van der Waals surface area contributed by atoms with Crippen molar-refractivity contribution in [2.24, 2.45) is 0 Å². The van der Waals surface area contributed by atoms with Crippen molar-refractivity contribution in [3.05, 3.63) is 24.0 Å². The van der Waals surface area contributed by atoms with Crippen LogP contribution in [-0.4, -0.2) is 20.2 Å². The van der Waals surface area contributed by atoms with E-state index in [1.165, 1.54) is 31.4 Å². The lowest BCUT2D eigenvalue weighted by Crippen LogP contribution is -1.99. The summed E-state index contributed by atoms with van der Waals surface area (Å²) in [5.74, 6) is 2.32. The number of nitrogens with zero attached hydrogens (tertiary/aromatic N) is 3. The van der Waals surface area contributed by atoms with E-state index in [9.17, 15) is 0 Å². The molecular weight excluding hydrogens is 252 g/mol. The third-order valence-corrected chi connectivity index (χ3v) is 3.32. The molecule has 0 atom stereocenters. The van der Waals surface area contributed by atoms with Gasteiger partial charge in [0, 0.05) is 28.2 Å². The van der Waals surface area contributed by atoms with Gasteiger partial charge in [-0.05, 0) is 18.9 Å². The fourth-order valence-corrected chi connectivity index (χ4v) is 2.42. The van der Waals surface area contributed by atoms with Gasteiger partial charge in [-0.25, -0.2) is 4.98 Å². The minimum Gasteiger partial charge on any atom is -0.368 e. The van der Waals surface area contributed by atoms with Crippen LogP contribution in [0.3, 0.4) is 0 Å². The van der Waals surface area contributed by atoms with Gasteiger partial charge in [-0.1, -0.05) is 26.7 Å². The monoisotopic (exact) mass is 280 g/mol. The van der Waals surface area contributed by atoms with Gasteiger partial charge in [-0.3, -0.25) is 5.10 Å². The number of aromatic amines is 1. The Bertz CT molecular complexity index is 543. The highest BCUT2D eigenvalue weighted by molar-refractivity contribution is 5.52. The van der Waals surface area contributed by atoms with Crippen LogP contribution in [0, 0.1) is 0 Å². The number of nitrogens with two attached hydrogens (primary N) is 1. The molecule has 0 radical (unpaired) electrons. The molecule has 6 nitrogen and oxygen atoms in total. The largest absolute Gasteiger partial charge is 0.368 e. The van der Waals surface area contributed by atoms with Crippen LogP contribution in [0.1, 0.15) is 55.4 Å². The molecule has 0 spiro atoms. The Balaban J connectivity index is 0. The zero-order valence-corrected chi connectivity index (χ0v) is 12.1. The van der Waals surface area contributed by atoms with Crippen molar-refractivity contribution in [2.75, 3.05) is 11.1 Å². The van der Waals surface area contributed by atoms with E-state index in [1.54, 1.807) is 12.3 Å². The predicted octanol–water partition coefficient (Wildman–Crippen LogP) is 3.95. The van der Waals surface area contributed by atoms with Crippen LogP contribution < -0.4 is 11.1 Å². The first-order valence-corrected chi connectivity index (χ1v) is 7.22. The van der Waals surface area contributed by atoms with Gasteiger partial charge in [0.25, 0.3) is 0 Å². The molecular formula is C14H28N6. The van der Waals surface area contributed by atoms with Gasteiger partial charge in [0.05, 0.1) is 0 Å². The highest BCUT2D eigenvalue weighted by Gasteiger charge is 2.19. The lowest BCUT2D eigenvalue weighted by Gasteiger charge is -2.03. The first-order chi connectivity index (χ1) is 9.81. The lowest BCUT2D eigenvalue weighted by atomic mass is 10.0. The molecule has 114 valence electrons. The van der Waals surface area contributed by atoms with Crippen molar-refractivity contribution in [3.8, 4) is 0 Å². The van der Waals surface area contributed by atoms with E-state index in [4.69, 9.17) is 5.73 Å². The lowest BCUT2D eigenvalue weighted by molar-refractivity contribution is 0.693. The molecule has 0 saturated heterocycles. The van der Waals surface area contributed by atoms with E-state index in [1.807, 2.05) is 19.9 Å². The van der Waals surface area contributed by atoms with E-state index in [0.29, 0.717) is 11.7 Å². The number of hydrogen-bond acceptors (Lipinski definition) is 5. The van der Waals surface area contributed by atoms with Crippen LogP contribution in [0.4, 0.5) is 17.6 Å². The van der Waals surface area contributed by atoms with Crippen LogP contribution in [0.2, 0.25) is 0 Å². The number of rotatable bonds is 3. The quantitative estimate of drug-likeness (QED) is 0.791. The van der Waals surface area contributed by atoms with Crippen molar-refractivity contribution in [3.63, 3.8) is 0 Å². The second kappa shape index (κ2) is 6.88. The highest BCUT2D eigenvalue weighted by atomic mass is 15.2. The maximum absolute atomic E-state index is 5.53. The van der Waals surface area contributed by atoms with E-state index >= 15 is 0 Å². The van der Waals surface area contributed by atoms with E-state index < -0.39 is 0 Å². The summed E-state index contributed by atoms with van der Waals surface area (Å²) in [4.78, 5) is 7.93. The second-order valence-corrected chi connectivity index (χ2v) is 4.61. The van der Waals surface area contributed by atoms with Crippen LogP contribution in [0.5, 0.6) is 0 Å². The van der Waals surface area contributed by atoms with Crippen molar-refractivity contribution in [1.82, 2.24) is 20.2 Å². The standard InChI is InChI=1S/C12H16N6.C2H6.3H2/c13-12-14-6-5-10(16-12)15-11-7-9(17-18-11)8-3-1-2-4-8;1-2;;;/h5-8H,1-4H2,(H4,13,14,15,16,17,18);1-2H3;3*1H. The average molecular weight is 280 g/mol. The molecule has 0 aliphatic heterocycles. The summed E-state index contributed by atoms with van der Waals surface area (Å²) in [7, 11) is 0. The summed E-state index contributed by atoms with van der Waals surface area (Å²) in [5.41, 5.74) is 6.73. The van der Waals surface area contributed by atoms with Crippen LogP contribution in [0.15, 0.2) is 18.3 Å². The summed E-state index contributed by atoms with van der Waals surface area (Å²) in [6.45, 7) is 4.00. The summed E-state index contributed by atoms with van der Waals surface area (Å²) in [5, 5.41) is 10.5. The van der Waals surface area contributed by atoms with Gasteiger partial charge in [0.1, 0.15) is 5.82 Å². The summed E-state index contributed by atoms with van der Waals surface area (Å²) >= 11 is 0. The normalized spacial score (nSPS) is 14.7. The number of hydrogen-bond donors (Lipinski definition) is 3. The van der Waals surface area contributed by atoms with Gasteiger partial charge in [-0.15, -0.1) is 0 Å². The molecule has 0 unspecified atom stereocenters. The summed E-state index contributed by atoms with van der Waals surface area (Å²) in [6.07, 6.45) is 6.75. The molecule has 1 fully saturated rings. The number of anilines is 3. The van der Waals surface area contributed by atoms with Crippen molar-refractivity contribution in [2.45, 2.75) is 45.4 Å². The molecule has 1 aliphatic carbocycles. The summed E-state index contributed by atoms with van der Waals surface area (Å²) in [6, 6.07) is 3.81. The van der Waals surface area contributed by atoms with E-state index in [0.717, 1.165) is 5.82 Å². The Morgan fingerprint density at radius 1 is 1.30 bits per heavy atom. The molecule has 0 bridgehead atoms. The van der Waals surface area contributed by atoms with Crippen molar-refractivity contribution in [1.29, 1.82) is 0 Å². The first-order valence-electron chi connectivity index (χ1n) is 7.22. The first kappa shape index (κ1) is 14.3. The third kappa shape index (κ3) is 3.46. The minimum absolute atomic E-state index is 0. The zero-order chi connectivity index (χ0) is 14.4. The van der Waals surface area contributed by atoms with Gasteiger partial charge in [-0.2, -0.15) is 10.1 Å². The smallest absolute Gasteiger partial charge is 0.221 e. The average Bonchev–Trinajstić information content (AvgIpc) is 3.11. The van der Waals surface area contributed by atoms with Gasteiger partial charge in [0.15, 0.2) is 5.82 Å². The van der Waals surface area contributed by atoms with Crippen molar-refractivity contribution < 1.29 is 4.28 Å². The van der Waals surface area contributed by atoms with Crippen LogP contribution >= 0.6 is 0 Å². The summed E-state index contributed by atoms with van der Waals surface area (Å²) < 4.78 is 0. The number of H-pyrrole nitrogens is 1. The molecule has 0 aromatic carbocycles. The molecule has 0 amide bonds. The fourth-order valence-electron chi connectivity index (χ4n) is 2.42. The maximum Gasteiger partial charge on any atom is 0.221 e. The van der Waals surface area contributed by atoms with Crippen LogP contribution in [-0.2, 0) is 0 Å². The Kier molecular flexibility index (Phi) is 4.92. The molecule has 6 heteroatoms. The predicted molar refractivity (Wildman–Crippen MR) is 87.2 cm³/mol. The molecule has 3 rings (SSSR count). The van der Waals surface area contributed by atoms with Crippen LogP contribution in [0.25, 0.3) is 0 Å².